The lowest BCUT2D eigenvalue weighted by Gasteiger charge is -2.22. The Bertz CT molecular complexity index is 871. The van der Waals surface area contributed by atoms with Gasteiger partial charge >= 0.3 is 6.03 Å². The molecular weight excluding hydrogens is 358 g/mol. The molecule has 1 saturated heterocycles. The van der Waals surface area contributed by atoms with E-state index in [2.05, 4.69) is 10.6 Å². The Hall–Kier alpha value is -3.22. The molecule has 0 saturated carbocycles. The molecule has 2 aliphatic heterocycles. The molecule has 4 rings (SSSR count). The van der Waals surface area contributed by atoms with Crippen LogP contribution in [0, 0.1) is 0 Å². The van der Waals surface area contributed by atoms with Gasteiger partial charge in [0.05, 0.1) is 12.1 Å². The van der Waals surface area contributed by atoms with Gasteiger partial charge in [-0.1, -0.05) is 30.3 Å². The maximum absolute atomic E-state index is 12.5. The Morgan fingerprint density at radius 3 is 2.64 bits per heavy atom. The second kappa shape index (κ2) is 7.80. The lowest BCUT2D eigenvalue weighted by atomic mass is 10.1. The van der Waals surface area contributed by atoms with Gasteiger partial charge in [0, 0.05) is 24.7 Å². The molecule has 2 aromatic carbocycles. The van der Waals surface area contributed by atoms with E-state index in [4.69, 9.17) is 9.47 Å². The summed E-state index contributed by atoms with van der Waals surface area (Å²) >= 11 is 0. The number of benzene rings is 2. The van der Waals surface area contributed by atoms with Crippen LogP contribution >= 0.6 is 0 Å². The zero-order valence-corrected chi connectivity index (χ0v) is 15.7. The standard InChI is InChI=1S/C21H23N3O4/c1-14(15-5-3-2-4-6-15)22-21(26)23-16-11-20(25)24(13-16)17-7-8-18-19(12-17)28-10-9-27-18/h2-8,12,14,16H,9-11,13H2,1H3,(H2,22,23,26)/t14-,16+/m1/s1. The number of carbonyl (C=O) groups excluding carboxylic acids is 2. The topological polar surface area (TPSA) is 79.9 Å². The molecule has 28 heavy (non-hydrogen) atoms. The van der Waals surface area contributed by atoms with Crippen LogP contribution in [0.2, 0.25) is 0 Å². The summed E-state index contributed by atoms with van der Waals surface area (Å²) in [5, 5.41) is 5.82. The number of nitrogens with zero attached hydrogens (tertiary/aromatic N) is 1. The fourth-order valence-corrected chi connectivity index (χ4v) is 3.50. The first-order valence-corrected chi connectivity index (χ1v) is 9.42. The van der Waals surface area contributed by atoms with Gasteiger partial charge in [-0.05, 0) is 24.6 Å². The number of amides is 3. The maximum Gasteiger partial charge on any atom is 0.315 e. The first-order chi connectivity index (χ1) is 13.6. The van der Waals surface area contributed by atoms with Crippen molar-refractivity contribution in [2.75, 3.05) is 24.7 Å². The molecule has 7 heteroatoms. The first kappa shape index (κ1) is 18.2. The van der Waals surface area contributed by atoms with Gasteiger partial charge < -0.3 is 25.0 Å². The summed E-state index contributed by atoms with van der Waals surface area (Å²) in [4.78, 5) is 26.5. The van der Waals surface area contributed by atoms with Crippen molar-refractivity contribution in [3.05, 3.63) is 54.1 Å². The van der Waals surface area contributed by atoms with Crippen molar-refractivity contribution in [1.29, 1.82) is 0 Å². The van der Waals surface area contributed by atoms with Crippen molar-refractivity contribution in [2.45, 2.75) is 25.4 Å². The molecule has 2 heterocycles. The summed E-state index contributed by atoms with van der Waals surface area (Å²) in [6, 6.07) is 14.6. The van der Waals surface area contributed by atoms with Gasteiger partial charge in [-0.25, -0.2) is 4.79 Å². The lowest BCUT2D eigenvalue weighted by molar-refractivity contribution is -0.117. The number of fused-ring (bicyclic) bond motifs is 1. The van der Waals surface area contributed by atoms with Gasteiger partial charge in [-0.2, -0.15) is 0 Å². The van der Waals surface area contributed by atoms with Crippen LogP contribution in [-0.4, -0.2) is 37.7 Å². The van der Waals surface area contributed by atoms with Crippen LogP contribution < -0.4 is 25.0 Å². The summed E-state index contributed by atoms with van der Waals surface area (Å²) in [5.41, 5.74) is 1.77. The smallest absolute Gasteiger partial charge is 0.315 e. The van der Waals surface area contributed by atoms with Crippen LogP contribution in [0.3, 0.4) is 0 Å². The van der Waals surface area contributed by atoms with Crippen molar-refractivity contribution < 1.29 is 19.1 Å². The highest BCUT2D eigenvalue weighted by Gasteiger charge is 2.32. The molecule has 0 radical (unpaired) electrons. The molecule has 3 amide bonds. The summed E-state index contributed by atoms with van der Waals surface area (Å²) in [6.45, 7) is 3.37. The summed E-state index contributed by atoms with van der Waals surface area (Å²) in [6.07, 6.45) is 0.265. The molecule has 2 aromatic rings. The average molecular weight is 381 g/mol. The molecule has 0 spiro atoms. The first-order valence-electron chi connectivity index (χ1n) is 9.42. The minimum Gasteiger partial charge on any atom is -0.486 e. The van der Waals surface area contributed by atoms with Gasteiger partial charge in [0.15, 0.2) is 11.5 Å². The van der Waals surface area contributed by atoms with E-state index in [9.17, 15) is 9.59 Å². The van der Waals surface area contributed by atoms with Crippen molar-refractivity contribution >= 4 is 17.6 Å². The molecule has 1 fully saturated rings. The predicted molar refractivity (Wildman–Crippen MR) is 105 cm³/mol. The monoisotopic (exact) mass is 381 g/mol. The second-order valence-electron chi connectivity index (χ2n) is 6.98. The normalized spacial score (nSPS) is 19.2. The number of hydrogen-bond acceptors (Lipinski definition) is 4. The molecule has 146 valence electrons. The largest absolute Gasteiger partial charge is 0.486 e. The number of urea groups is 1. The number of carbonyl (C=O) groups is 2. The third kappa shape index (κ3) is 3.88. The molecular formula is C21H23N3O4. The van der Waals surface area contributed by atoms with Gasteiger partial charge in [0.25, 0.3) is 0 Å². The van der Waals surface area contributed by atoms with E-state index in [0.717, 1.165) is 11.3 Å². The minimum atomic E-state index is -0.279. The number of ether oxygens (including phenoxy) is 2. The lowest BCUT2D eigenvalue weighted by Crippen LogP contribution is -2.44. The highest BCUT2D eigenvalue weighted by atomic mass is 16.6. The van der Waals surface area contributed by atoms with Gasteiger partial charge in [0.1, 0.15) is 13.2 Å². The molecule has 2 aliphatic rings. The maximum atomic E-state index is 12.5. The van der Waals surface area contributed by atoms with Gasteiger partial charge in [-0.3, -0.25) is 4.79 Å². The van der Waals surface area contributed by atoms with E-state index >= 15 is 0 Å². The molecule has 7 nitrogen and oxygen atoms in total. The Labute approximate surface area is 163 Å². The van der Waals surface area contributed by atoms with Gasteiger partial charge in [-0.15, -0.1) is 0 Å². The minimum absolute atomic E-state index is 0.0296. The van der Waals surface area contributed by atoms with Crippen LogP contribution in [0.15, 0.2) is 48.5 Å². The summed E-state index contributed by atoms with van der Waals surface area (Å²) in [5.74, 6) is 1.30. The van der Waals surface area contributed by atoms with Crippen LogP contribution in [0.5, 0.6) is 11.5 Å². The van der Waals surface area contributed by atoms with E-state index in [-0.39, 0.29) is 30.4 Å². The Morgan fingerprint density at radius 2 is 1.86 bits per heavy atom. The van der Waals surface area contributed by atoms with Gasteiger partial charge in [0.2, 0.25) is 5.91 Å². The van der Waals surface area contributed by atoms with E-state index in [0.29, 0.717) is 31.3 Å². The molecule has 0 unspecified atom stereocenters. The second-order valence-corrected chi connectivity index (χ2v) is 6.98. The zero-order chi connectivity index (χ0) is 19.5. The molecule has 0 aliphatic carbocycles. The number of rotatable bonds is 4. The van der Waals surface area contributed by atoms with E-state index in [1.807, 2.05) is 55.5 Å². The van der Waals surface area contributed by atoms with Crippen molar-refractivity contribution in [3.63, 3.8) is 0 Å². The Morgan fingerprint density at radius 1 is 1.11 bits per heavy atom. The quantitative estimate of drug-likeness (QED) is 0.853. The number of anilines is 1. The third-order valence-electron chi connectivity index (χ3n) is 4.94. The number of nitrogens with one attached hydrogen (secondary N) is 2. The molecule has 2 N–H and O–H groups in total. The SMILES string of the molecule is C[C@@H](NC(=O)N[C@H]1CC(=O)N(c2ccc3c(c2)OCCO3)C1)c1ccccc1. The zero-order valence-electron chi connectivity index (χ0n) is 15.7. The fraction of sp³-hybridized carbons (Fsp3) is 0.333. The van der Waals surface area contributed by atoms with E-state index in [1.165, 1.54) is 0 Å². The molecule has 0 aromatic heterocycles. The van der Waals surface area contributed by atoms with Crippen molar-refractivity contribution in [2.24, 2.45) is 0 Å². The predicted octanol–water partition coefficient (Wildman–Crippen LogP) is 2.62. The third-order valence-corrected chi connectivity index (χ3v) is 4.94. The van der Waals surface area contributed by atoms with Crippen molar-refractivity contribution in [3.8, 4) is 11.5 Å². The highest BCUT2D eigenvalue weighted by molar-refractivity contribution is 5.97. The van der Waals surface area contributed by atoms with E-state index in [1.54, 1.807) is 4.90 Å². The van der Waals surface area contributed by atoms with Crippen LogP contribution in [0.4, 0.5) is 10.5 Å². The Kier molecular flexibility index (Phi) is 5.06. The van der Waals surface area contributed by atoms with Crippen LogP contribution in [0.25, 0.3) is 0 Å². The summed E-state index contributed by atoms with van der Waals surface area (Å²) < 4.78 is 11.1. The molecule has 2 atom stereocenters. The Balaban J connectivity index is 1.36. The van der Waals surface area contributed by atoms with Crippen molar-refractivity contribution in [1.82, 2.24) is 10.6 Å². The number of hydrogen-bond donors (Lipinski definition) is 2. The van der Waals surface area contributed by atoms with Crippen LogP contribution in [0.1, 0.15) is 24.9 Å². The van der Waals surface area contributed by atoms with E-state index < -0.39 is 0 Å². The average Bonchev–Trinajstić information content (AvgIpc) is 3.08. The summed E-state index contributed by atoms with van der Waals surface area (Å²) in [7, 11) is 0. The highest BCUT2D eigenvalue weighted by Crippen LogP contribution is 2.35. The fourth-order valence-electron chi connectivity index (χ4n) is 3.50. The molecule has 0 bridgehead atoms. The van der Waals surface area contributed by atoms with Crippen LogP contribution in [-0.2, 0) is 4.79 Å².